The molecule has 1 amide bonds. The van der Waals surface area contributed by atoms with E-state index in [-0.39, 0.29) is 18.1 Å². The summed E-state index contributed by atoms with van der Waals surface area (Å²) in [5.74, 6) is 0.338. The van der Waals surface area contributed by atoms with E-state index in [4.69, 9.17) is 11.6 Å². The molecular formula is C17H27ClN2O2. The molecule has 124 valence electrons. The first-order valence-corrected chi connectivity index (χ1v) is 8.13. The van der Waals surface area contributed by atoms with Crippen molar-refractivity contribution < 1.29 is 9.90 Å². The number of carbonyl (C=O) groups is 1. The van der Waals surface area contributed by atoms with Crippen LogP contribution in [0.3, 0.4) is 0 Å². The summed E-state index contributed by atoms with van der Waals surface area (Å²) in [6.07, 6.45) is 0.863. The molecule has 1 rings (SSSR count). The predicted octanol–water partition coefficient (Wildman–Crippen LogP) is 3.36. The molecule has 0 aliphatic heterocycles. The Labute approximate surface area is 138 Å². The van der Waals surface area contributed by atoms with Gasteiger partial charge >= 0.3 is 0 Å². The van der Waals surface area contributed by atoms with Crippen LogP contribution in [0.15, 0.2) is 18.2 Å². The van der Waals surface area contributed by atoms with Gasteiger partial charge in [0.05, 0.1) is 6.10 Å². The van der Waals surface area contributed by atoms with Gasteiger partial charge in [-0.25, -0.2) is 0 Å². The summed E-state index contributed by atoms with van der Waals surface area (Å²) in [5.41, 5.74) is 1.71. The van der Waals surface area contributed by atoms with Crippen LogP contribution in [0.25, 0.3) is 0 Å². The largest absolute Gasteiger partial charge is 0.393 e. The van der Waals surface area contributed by atoms with Crippen molar-refractivity contribution in [3.63, 3.8) is 0 Å². The summed E-state index contributed by atoms with van der Waals surface area (Å²) >= 11 is 6.04. The standard InChI is InChI=1S/C17H27ClN2O2/c1-11(7-14(4)21)10-19-13(3)8-17(22)20-15-6-5-12(2)16(18)9-15/h5-6,9,11,13-14,19,21H,7-8,10H2,1-4H3,(H,20,22). The van der Waals surface area contributed by atoms with E-state index in [1.165, 1.54) is 0 Å². The van der Waals surface area contributed by atoms with Gasteiger partial charge in [-0.1, -0.05) is 24.6 Å². The number of nitrogens with one attached hydrogen (secondary N) is 2. The Kier molecular flexibility index (Phi) is 7.87. The summed E-state index contributed by atoms with van der Waals surface area (Å²) in [6, 6.07) is 5.58. The van der Waals surface area contributed by atoms with Gasteiger partial charge in [-0.15, -0.1) is 0 Å². The fourth-order valence-corrected chi connectivity index (χ4v) is 2.48. The van der Waals surface area contributed by atoms with E-state index in [1.807, 2.05) is 26.0 Å². The molecule has 0 fully saturated rings. The highest BCUT2D eigenvalue weighted by Gasteiger charge is 2.12. The molecule has 0 bridgehead atoms. The van der Waals surface area contributed by atoms with E-state index >= 15 is 0 Å². The average molecular weight is 327 g/mol. The van der Waals surface area contributed by atoms with Gasteiger partial charge in [0.25, 0.3) is 0 Å². The maximum atomic E-state index is 12.0. The van der Waals surface area contributed by atoms with Gasteiger partial charge in [-0.2, -0.15) is 0 Å². The topological polar surface area (TPSA) is 61.4 Å². The first-order chi connectivity index (χ1) is 10.3. The summed E-state index contributed by atoms with van der Waals surface area (Å²) < 4.78 is 0. The number of rotatable bonds is 8. The summed E-state index contributed by atoms with van der Waals surface area (Å²) in [7, 11) is 0. The summed E-state index contributed by atoms with van der Waals surface area (Å²) in [5, 5.41) is 16.2. The molecule has 0 aliphatic carbocycles. The number of aliphatic hydroxyl groups is 1. The second-order valence-electron chi connectivity index (χ2n) is 6.22. The number of benzene rings is 1. The Hall–Kier alpha value is -1.10. The number of anilines is 1. The van der Waals surface area contributed by atoms with Crippen LogP contribution in [0.4, 0.5) is 5.69 Å². The van der Waals surface area contributed by atoms with E-state index in [2.05, 4.69) is 17.6 Å². The Balaban J connectivity index is 2.36. The number of hydrogen-bond acceptors (Lipinski definition) is 3. The molecule has 0 saturated carbocycles. The SMILES string of the molecule is Cc1ccc(NC(=O)CC(C)NCC(C)CC(C)O)cc1Cl. The summed E-state index contributed by atoms with van der Waals surface area (Å²) in [6.45, 7) is 8.57. The Morgan fingerprint density at radius 2 is 2.00 bits per heavy atom. The lowest BCUT2D eigenvalue weighted by atomic mass is 10.0. The van der Waals surface area contributed by atoms with Gasteiger partial charge in [0.15, 0.2) is 0 Å². The molecule has 3 atom stereocenters. The molecule has 1 aromatic carbocycles. The number of aryl methyl sites for hydroxylation is 1. The third-order valence-electron chi connectivity index (χ3n) is 3.51. The fourth-order valence-electron chi connectivity index (χ4n) is 2.30. The van der Waals surface area contributed by atoms with Gasteiger partial charge in [0, 0.05) is 23.2 Å². The van der Waals surface area contributed by atoms with Gasteiger partial charge < -0.3 is 15.7 Å². The highest BCUT2D eigenvalue weighted by molar-refractivity contribution is 6.31. The highest BCUT2D eigenvalue weighted by atomic mass is 35.5. The van der Waals surface area contributed by atoms with Gasteiger partial charge in [0.2, 0.25) is 5.91 Å². The molecule has 5 heteroatoms. The maximum absolute atomic E-state index is 12.0. The predicted molar refractivity (Wildman–Crippen MR) is 92.4 cm³/mol. The van der Waals surface area contributed by atoms with Gasteiger partial charge in [0.1, 0.15) is 0 Å². The first-order valence-electron chi connectivity index (χ1n) is 7.75. The molecule has 0 saturated heterocycles. The van der Waals surface area contributed by atoms with E-state index in [1.54, 1.807) is 13.0 Å². The number of amides is 1. The zero-order valence-corrected chi connectivity index (χ0v) is 14.6. The van der Waals surface area contributed by atoms with E-state index in [0.29, 0.717) is 17.4 Å². The van der Waals surface area contributed by atoms with E-state index in [9.17, 15) is 9.90 Å². The molecular weight excluding hydrogens is 300 g/mol. The van der Waals surface area contributed by atoms with Crippen molar-refractivity contribution in [3.05, 3.63) is 28.8 Å². The Morgan fingerprint density at radius 1 is 1.32 bits per heavy atom. The lowest BCUT2D eigenvalue weighted by Gasteiger charge is -2.18. The average Bonchev–Trinajstić information content (AvgIpc) is 2.40. The molecule has 0 spiro atoms. The maximum Gasteiger partial charge on any atom is 0.225 e. The Bertz CT molecular complexity index is 492. The molecule has 4 nitrogen and oxygen atoms in total. The molecule has 3 N–H and O–H groups in total. The van der Waals surface area contributed by atoms with Crippen LogP contribution >= 0.6 is 11.6 Å². The molecule has 22 heavy (non-hydrogen) atoms. The number of hydrogen-bond donors (Lipinski definition) is 3. The zero-order chi connectivity index (χ0) is 16.7. The molecule has 0 aromatic heterocycles. The minimum absolute atomic E-state index is 0.0388. The molecule has 0 radical (unpaired) electrons. The normalized spacial score (nSPS) is 15.2. The van der Waals surface area contributed by atoms with Crippen molar-refractivity contribution >= 4 is 23.2 Å². The van der Waals surface area contributed by atoms with Gasteiger partial charge in [-0.3, -0.25) is 4.79 Å². The van der Waals surface area contributed by atoms with Crippen molar-refractivity contribution in [1.29, 1.82) is 0 Å². The lowest BCUT2D eigenvalue weighted by molar-refractivity contribution is -0.116. The second kappa shape index (κ2) is 9.13. The number of carbonyl (C=O) groups excluding carboxylic acids is 1. The third kappa shape index (κ3) is 7.25. The zero-order valence-electron chi connectivity index (χ0n) is 13.8. The fraction of sp³-hybridized carbons (Fsp3) is 0.588. The van der Waals surface area contributed by atoms with Crippen LogP contribution in [-0.4, -0.2) is 29.7 Å². The van der Waals surface area contributed by atoms with Crippen LogP contribution < -0.4 is 10.6 Å². The number of aliphatic hydroxyl groups excluding tert-OH is 1. The quantitative estimate of drug-likeness (QED) is 0.686. The second-order valence-corrected chi connectivity index (χ2v) is 6.62. The van der Waals surface area contributed by atoms with Crippen LogP contribution in [-0.2, 0) is 4.79 Å². The van der Waals surface area contributed by atoms with E-state index in [0.717, 1.165) is 24.2 Å². The monoisotopic (exact) mass is 326 g/mol. The molecule has 3 unspecified atom stereocenters. The van der Waals surface area contributed by atoms with Crippen LogP contribution in [0, 0.1) is 12.8 Å². The van der Waals surface area contributed by atoms with Crippen LogP contribution in [0.5, 0.6) is 0 Å². The van der Waals surface area contributed by atoms with Crippen molar-refractivity contribution in [2.75, 3.05) is 11.9 Å². The molecule has 0 aliphatic rings. The summed E-state index contributed by atoms with van der Waals surface area (Å²) in [4.78, 5) is 12.0. The van der Waals surface area contributed by atoms with Crippen LogP contribution in [0.2, 0.25) is 5.02 Å². The smallest absolute Gasteiger partial charge is 0.225 e. The van der Waals surface area contributed by atoms with Crippen molar-refractivity contribution in [2.24, 2.45) is 5.92 Å². The van der Waals surface area contributed by atoms with Crippen molar-refractivity contribution in [3.8, 4) is 0 Å². The minimum atomic E-state index is -0.290. The van der Waals surface area contributed by atoms with Gasteiger partial charge in [-0.05, 0) is 57.4 Å². The Morgan fingerprint density at radius 3 is 2.59 bits per heavy atom. The van der Waals surface area contributed by atoms with Crippen molar-refractivity contribution in [1.82, 2.24) is 5.32 Å². The van der Waals surface area contributed by atoms with Crippen molar-refractivity contribution in [2.45, 2.75) is 52.7 Å². The number of halogens is 1. The molecule has 0 heterocycles. The highest BCUT2D eigenvalue weighted by Crippen LogP contribution is 2.20. The molecule has 1 aromatic rings. The van der Waals surface area contributed by atoms with E-state index < -0.39 is 0 Å². The lowest BCUT2D eigenvalue weighted by Crippen LogP contribution is -2.34. The third-order valence-corrected chi connectivity index (χ3v) is 3.91. The minimum Gasteiger partial charge on any atom is -0.393 e. The van der Waals surface area contributed by atoms with Crippen LogP contribution in [0.1, 0.15) is 39.2 Å². The first kappa shape index (κ1) is 18.9.